The summed E-state index contributed by atoms with van der Waals surface area (Å²) < 4.78 is 5.30. The molecule has 0 aliphatic rings. The van der Waals surface area contributed by atoms with E-state index < -0.39 is 6.10 Å². The van der Waals surface area contributed by atoms with Crippen LogP contribution in [0.4, 0.5) is 0 Å². The van der Waals surface area contributed by atoms with Gasteiger partial charge in [0.1, 0.15) is 11.9 Å². The van der Waals surface area contributed by atoms with E-state index in [-0.39, 0.29) is 0 Å². The monoisotopic (exact) mass is 299 g/mol. The van der Waals surface area contributed by atoms with Gasteiger partial charge in [-0.15, -0.1) is 0 Å². The minimum absolute atomic E-state index is 0.559. The Balaban J connectivity index is 2.07. The van der Waals surface area contributed by atoms with Crippen molar-refractivity contribution in [1.82, 2.24) is 4.98 Å². The molecule has 4 heteroatoms. The van der Waals surface area contributed by atoms with Gasteiger partial charge in [0, 0.05) is 22.2 Å². The van der Waals surface area contributed by atoms with Crippen molar-refractivity contribution >= 4 is 22.5 Å². The van der Waals surface area contributed by atoms with Gasteiger partial charge in [-0.3, -0.25) is 4.98 Å². The maximum absolute atomic E-state index is 10.6. The largest absolute Gasteiger partial charge is 0.496 e. The van der Waals surface area contributed by atoms with Crippen LogP contribution < -0.4 is 4.74 Å². The lowest BCUT2D eigenvalue weighted by Crippen LogP contribution is -2.02. The van der Waals surface area contributed by atoms with E-state index in [9.17, 15) is 5.11 Å². The molecule has 21 heavy (non-hydrogen) atoms. The maximum atomic E-state index is 10.6. The lowest BCUT2D eigenvalue weighted by Gasteiger charge is -2.16. The molecule has 0 aliphatic heterocycles. The summed E-state index contributed by atoms with van der Waals surface area (Å²) in [6, 6.07) is 14.8. The zero-order chi connectivity index (χ0) is 14.8. The summed E-state index contributed by atoms with van der Waals surface area (Å²) in [5, 5.41) is 12.2. The fraction of sp³-hybridized carbons (Fsp3) is 0.118. The molecule has 3 rings (SSSR count). The van der Waals surface area contributed by atoms with Gasteiger partial charge in [0.2, 0.25) is 0 Å². The van der Waals surface area contributed by atoms with Crippen molar-refractivity contribution < 1.29 is 9.84 Å². The van der Waals surface area contributed by atoms with Crippen LogP contribution in [0.15, 0.2) is 54.7 Å². The van der Waals surface area contributed by atoms with Crippen molar-refractivity contribution in [3.63, 3.8) is 0 Å². The van der Waals surface area contributed by atoms with Gasteiger partial charge in [-0.1, -0.05) is 29.8 Å². The second-order valence-electron chi connectivity index (χ2n) is 4.74. The number of aliphatic hydroxyl groups excluding tert-OH is 1. The normalized spacial score (nSPS) is 12.3. The van der Waals surface area contributed by atoms with Crippen molar-refractivity contribution in [2.24, 2.45) is 0 Å². The fourth-order valence-electron chi connectivity index (χ4n) is 2.35. The van der Waals surface area contributed by atoms with Crippen LogP contribution >= 0.6 is 11.6 Å². The third-order valence-electron chi connectivity index (χ3n) is 3.43. The Kier molecular flexibility index (Phi) is 3.78. The second kappa shape index (κ2) is 5.72. The molecule has 1 heterocycles. The zero-order valence-corrected chi connectivity index (χ0v) is 12.2. The Labute approximate surface area is 127 Å². The van der Waals surface area contributed by atoms with Crippen LogP contribution in [0.1, 0.15) is 17.2 Å². The van der Waals surface area contributed by atoms with Gasteiger partial charge in [0.25, 0.3) is 0 Å². The molecule has 0 spiro atoms. The Hall–Kier alpha value is -2.10. The van der Waals surface area contributed by atoms with Gasteiger partial charge in [-0.25, -0.2) is 0 Å². The van der Waals surface area contributed by atoms with Crippen LogP contribution in [0.5, 0.6) is 5.75 Å². The minimum atomic E-state index is -0.815. The van der Waals surface area contributed by atoms with Gasteiger partial charge in [0.15, 0.2) is 0 Å². The Morgan fingerprint density at radius 2 is 2.00 bits per heavy atom. The summed E-state index contributed by atoms with van der Waals surface area (Å²) in [5.74, 6) is 0.605. The van der Waals surface area contributed by atoms with Crippen LogP contribution in [0.3, 0.4) is 0 Å². The maximum Gasteiger partial charge on any atom is 0.125 e. The first-order valence-corrected chi connectivity index (χ1v) is 6.93. The highest BCUT2D eigenvalue weighted by Gasteiger charge is 2.16. The first-order chi connectivity index (χ1) is 10.2. The van der Waals surface area contributed by atoms with Crippen molar-refractivity contribution in [2.75, 3.05) is 7.11 Å². The number of ether oxygens (including phenoxy) is 1. The number of hydrogen-bond donors (Lipinski definition) is 1. The Morgan fingerprint density at radius 1 is 1.14 bits per heavy atom. The van der Waals surface area contributed by atoms with Crippen LogP contribution in [0, 0.1) is 0 Å². The number of halogens is 1. The molecule has 3 aromatic rings. The molecule has 106 valence electrons. The van der Waals surface area contributed by atoms with E-state index in [0.29, 0.717) is 16.3 Å². The van der Waals surface area contributed by atoms with Gasteiger partial charge < -0.3 is 9.84 Å². The standard InChI is InChI=1S/C17H14ClNO2/c1-21-16-7-6-13(18)10-14(16)17(20)12-5-4-11-3-2-8-19-15(11)9-12/h2-10,17,20H,1H3. The molecule has 1 N–H and O–H groups in total. The smallest absolute Gasteiger partial charge is 0.125 e. The molecule has 0 radical (unpaired) electrons. The molecular weight excluding hydrogens is 286 g/mol. The molecule has 2 aromatic carbocycles. The van der Waals surface area contributed by atoms with Crippen molar-refractivity contribution in [2.45, 2.75) is 6.10 Å². The summed E-state index contributed by atoms with van der Waals surface area (Å²) >= 11 is 6.02. The van der Waals surface area contributed by atoms with Crippen molar-refractivity contribution in [3.8, 4) is 5.75 Å². The van der Waals surface area contributed by atoms with Gasteiger partial charge in [0.05, 0.1) is 12.6 Å². The molecule has 1 aromatic heterocycles. The van der Waals surface area contributed by atoms with E-state index in [4.69, 9.17) is 16.3 Å². The Morgan fingerprint density at radius 3 is 2.81 bits per heavy atom. The quantitative estimate of drug-likeness (QED) is 0.795. The molecule has 0 saturated heterocycles. The first-order valence-electron chi connectivity index (χ1n) is 6.55. The second-order valence-corrected chi connectivity index (χ2v) is 5.18. The van der Waals surface area contributed by atoms with E-state index in [2.05, 4.69) is 4.98 Å². The molecular formula is C17H14ClNO2. The molecule has 0 amide bonds. The summed E-state index contributed by atoms with van der Waals surface area (Å²) in [6.45, 7) is 0. The predicted molar refractivity (Wildman–Crippen MR) is 83.8 cm³/mol. The number of fused-ring (bicyclic) bond motifs is 1. The van der Waals surface area contributed by atoms with Crippen LogP contribution in [0.25, 0.3) is 10.9 Å². The van der Waals surface area contributed by atoms with Gasteiger partial charge in [-0.2, -0.15) is 0 Å². The number of nitrogens with zero attached hydrogens (tertiary/aromatic N) is 1. The highest BCUT2D eigenvalue weighted by molar-refractivity contribution is 6.30. The van der Waals surface area contributed by atoms with E-state index in [1.807, 2.05) is 30.3 Å². The van der Waals surface area contributed by atoms with Gasteiger partial charge >= 0.3 is 0 Å². The molecule has 0 fully saturated rings. The highest BCUT2D eigenvalue weighted by Crippen LogP contribution is 2.33. The first kappa shape index (κ1) is 13.9. The zero-order valence-electron chi connectivity index (χ0n) is 11.5. The molecule has 0 bridgehead atoms. The third kappa shape index (κ3) is 2.71. The van der Waals surface area contributed by atoms with Crippen LogP contribution in [-0.2, 0) is 0 Å². The number of hydrogen-bond acceptors (Lipinski definition) is 3. The molecule has 0 aliphatic carbocycles. The number of pyridine rings is 1. The Bertz CT molecular complexity index is 789. The number of methoxy groups -OCH3 is 1. The number of aromatic nitrogens is 1. The summed E-state index contributed by atoms with van der Waals surface area (Å²) in [6.07, 6.45) is 0.920. The highest BCUT2D eigenvalue weighted by atomic mass is 35.5. The van der Waals surface area contributed by atoms with E-state index in [1.165, 1.54) is 0 Å². The average molecular weight is 300 g/mol. The molecule has 3 nitrogen and oxygen atoms in total. The summed E-state index contributed by atoms with van der Waals surface area (Å²) in [5.41, 5.74) is 2.23. The molecule has 1 atom stereocenters. The van der Waals surface area contributed by atoms with Crippen molar-refractivity contribution in [3.05, 3.63) is 70.9 Å². The topological polar surface area (TPSA) is 42.4 Å². The molecule has 1 unspecified atom stereocenters. The van der Waals surface area contributed by atoms with E-state index in [1.54, 1.807) is 31.5 Å². The van der Waals surface area contributed by atoms with Crippen LogP contribution in [0.2, 0.25) is 5.02 Å². The van der Waals surface area contributed by atoms with Crippen molar-refractivity contribution in [1.29, 1.82) is 0 Å². The minimum Gasteiger partial charge on any atom is -0.496 e. The predicted octanol–water partition coefficient (Wildman–Crippen LogP) is 3.98. The summed E-state index contributed by atoms with van der Waals surface area (Å²) in [7, 11) is 1.57. The molecule has 0 saturated carbocycles. The third-order valence-corrected chi connectivity index (χ3v) is 3.67. The summed E-state index contributed by atoms with van der Waals surface area (Å²) in [4.78, 5) is 4.31. The SMILES string of the molecule is COc1ccc(Cl)cc1C(O)c1ccc2cccnc2c1. The lowest BCUT2D eigenvalue weighted by molar-refractivity contribution is 0.215. The fourth-order valence-corrected chi connectivity index (χ4v) is 2.53. The van der Waals surface area contributed by atoms with Gasteiger partial charge in [-0.05, 0) is 35.9 Å². The average Bonchev–Trinajstić information content (AvgIpc) is 2.53. The number of rotatable bonds is 3. The van der Waals surface area contributed by atoms with E-state index in [0.717, 1.165) is 16.5 Å². The number of aliphatic hydroxyl groups is 1. The number of benzene rings is 2. The lowest BCUT2D eigenvalue weighted by atomic mass is 9.99. The van der Waals surface area contributed by atoms with Crippen LogP contribution in [-0.4, -0.2) is 17.2 Å². The van der Waals surface area contributed by atoms with E-state index >= 15 is 0 Å².